The van der Waals surface area contributed by atoms with Gasteiger partial charge in [0.1, 0.15) is 5.75 Å². The molecule has 0 aliphatic heterocycles. The van der Waals surface area contributed by atoms with Gasteiger partial charge in [0.05, 0.1) is 17.3 Å². The van der Waals surface area contributed by atoms with Gasteiger partial charge in [-0.15, -0.1) is 0 Å². The lowest BCUT2D eigenvalue weighted by atomic mass is 10.3. The van der Waals surface area contributed by atoms with Gasteiger partial charge in [-0.05, 0) is 44.8 Å². The molecule has 0 aliphatic carbocycles. The summed E-state index contributed by atoms with van der Waals surface area (Å²) in [6, 6.07) is 3.73. The maximum absolute atomic E-state index is 5.36. The van der Waals surface area contributed by atoms with Crippen LogP contribution < -0.4 is 21.3 Å². The Kier molecular flexibility index (Phi) is 5.73. The van der Waals surface area contributed by atoms with Gasteiger partial charge in [-0.1, -0.05) is 0 Å². The molecule has 0 amide bonds. The highest BCUT2D eigenvalue weighted by molar-refractivity contribution is 9.11. The van der Waals surface area contributed by atoms with Crippen LogP contribution in [0.3, 0.4) is 0 Å². The summed E-state index contributed by atoms with van der Waals surface area (Å²) in [7, 11) is 1.61. The molecular formula is C10H14Br2N4O. The molecule has 0 unspecified atom stereocenters. The molecule has 5 nitrogen and oxygen atoms in total. The average molecular weight is 366 g/mol. The summed E-state index contributed by atoms with van der Waals surface area (Å²) >= 11 is 6.85. The van der Waals surface area contributed by atoms with Crippen LogP contribution in [0.2, 0.25) is 0 Å². The van der Waals surface area contributed by atoms with Crippen LogP contribution in [0.5, 0.6) is 5.75 Å². The lowest BCUT2D eigenvalue weighted by Crippen LogP contribution is -2.36. The van der Waals surface area contributed by atoms with Crippen LogP contribution in [-0.4, -0.2) is 19.6 Å². The maximum atomic E-state index is 5.36. The fraction of sp³-hybridized carbons (Fsp3) is 0.300. The van der Waals surface area contributed by atoms with Crippen LogP contribution in [0.1, 0.15) is 6.92 Å². The molecule has 0 saturated carbocycles. The SMILES string of the molecule is CCN=C(NN)Nc1cc(OC)c(Br)cc1Br. The minimum absolute atomic E-state index is 0.498. The predicted molar refractivity (Wildman–Crippen MR) is 77.3 cm³/mol. The number of methoxy groups -OCH3 is 1. The summed E-state index contributed by atoms with van der Waals surface area (Å²) < 4.78 is 6.96. The number of ether oxygens (including phenoxy) is 1. The predicted octanol–water partition coefficient (Wildman–Crippen LogP) is 2.47. The highest BCUT2D eigenvalue weighted by Gasteiger charge is 2.08. The number of nitrogens with two attached hydrogens (primary N) is 1. The Morgan fingerprint density at radius 2 is 2.12 bits per heavy atom. The molecule has 4 N–H and O–H groups in total. The number of aliphatic imine (C=N–C) groups is 1. The van der Waals surface area contributed by atoms with Crippen molar-refractivity contribution in [1.82, 2.24) is 5.43 Å². The molecule has 17 heavy (non-hydrogen) atoms. The van der Waals surface area contributed by atoms with Gasteiger partial charge >= 0.3 is 0 Å². The Balaban J connectivity index is 3.01. The Morgan fingerprint density at radius 3 is 2.65 bits per heavy atom. The van der Waals surface area contributed by atoms with Crippen LogP contribution in [0.4, 0.5) is 5.69 Å². The maximum Gasteiger partial charge on any atom is 0.210 e. The lowest BCUT2D eigenvalue weighted by molar-refractivity contribution is 0.412. The second kappa shape index (κ2) is 6.83. The number of hydrazine groups is 1. The van der Waals surface area contributed by atoms with Gasteiger partial charge in [-0.2, -0.15) is 0 Å². The Hall–Kier alpha value is -0.790. The van der Waals surface area contributed by atoms with Crippen molar-refractivity contribution in [2.75, 3.05) is 19.0 Å². The molecule has 0 saturated heterocycles. The second-order valence-corrected chi connectivity index (χ2v) is 4.77. The van der Waals surface area contributed by atoms with Gasteiger partial charge in [0.15, 0.2) is 0 Å². The van der Waals surface area contributed by atoms with E-state index in [1.54, 1.807) is 7.11 Å². The van der Waals surface area contributed by atoms with Crippen molar-refractivity contribution in [2.45, 2.75) is 6.92 Å². The molecule has 0 spiro atoms. The Bertz CT molecular complexity index is 423. The molecule has 0 aromatic heterocycles. The average Bonchev–Trinajstić information content (AvgIpc) is 2.31. The summed E-state index contributed by atoms with van der Waals surface area (Å²) in [5, 5.41) is 3.07. The van der Waals surface area contributed by atoms with E-state index in [-0.39, 0.29) is 0 Å². The number of anilines is 1. The summed E-state index contributed by atoms with van der Waals surface area (Å²) in [4.78, 5) is 4.15. The standard InChI is InChI=1S/C10H14Br2N4O/c1-3-14-10(16-13)15-8-5-9(17-2)7(12)4-6(8)11/h4-5H,3,13H2,1-2H3,(H2,14,15,16). The van der Waals surface area contributed by atoms with Crippen LogP contribution >= 0.6 is 31.9 Å². The van der Waals surface area contributed by atoms with E-state index in [4.69, 9.17) is 10.6 Å². The van der Waals surface area contributed by atoms with Gasteiger partial charge < -0.3 is 10.1 Å². The van der Waals surface area contributed by atoms with E-state index >= 15 is 0 Å². The van der Waals surface area contributed by atoms with Crippen molar-refractivity contribution in [2.24, 2.45) is 10.8 Å². The number of nitrogens with one attached hydrogen (secondary N) is 2. The van der Waals surface area contributed by atoms with Crippen LogP contribution in [0, 0.1) is 0 Å². The minimum atomic E-state index is 0.498. The first-order valence-corrected chi connectivity index (χ1v) is 6.52. The lowest BCUT2D eigenvalue weighted by Gasteiger charge is -2.13. The normalized spacial score (nSPS) is 11.2. The summed E-state index contributed by atoms with van der Waals surface area (Å²) in [6.45, 7) is 2.56. The summed E-state index contributed by atoms with van der Waals surface area (Å²) in [6.07, 6.45) is 0. The first kappa shape index (κ1) is 14.3. The van der Waals surface area contributed by atoms with Crippen molar-refractivity contribution < 1.29 is 4.74 Å². The minimum Gasteiger partial charge on any atom is -0.495 e. The molecule has 0 radical (unpaired) electrons. The van der Waals surface area contributed by atoms with Gasteiger partial charge in [0.2, 0.25) is 5.96 Å². The first-order chi connectivity index (χ1) is 8.12. The van der Waals surface area contributed by atoms with E-state index in [2.05, 4.69) is 47.6 Å². The summed E-state index contributed by atoms with van der Waals surface area (Å²) in [5.41, 5.74) is 3.31. The molecule has 94 valence electrons. The van der Waals surface area contributed by atoms with Gasteiger partial charge in [0, 0.05) is 17.1 Å². The number of hydrogen-bond donors (Lipinski definition) is 3. The quantitative estimate of drug-likeness (QED) is 0.333. The Labute approximate surface area is 117 Å². The molecule has 1 rings (SSSR count). The molecule has 0 bridgehead atoms. The molecule has 1 aromatic rings. The summed E-state index contributed by atoms with van der Waals surface area (Å²) in [5.74, 6) is 6.58. The van der Waals surface area contributed by atoms with Crippen molar-refractivity contribution in [3.63, 3.8) is 0 Å². The van der Waals surface area contributed by atoms with Crippen LogP contribution in [0.15, 0.2) is 26.1 Å². The van der Waals surface area contributed by atoms with Crippen molar-refractivity contribution >= 4 is 43.5 Å². The molecule has 7 heteroatoms. The molecule has 0 atom stereocenters. The first-order valence-electron chi connectivity index (χ1n) is 4.93. The van der Waals surface area contributed by atoms with E-state index < -0.39 is 0 Å². The highest BCUT2D eigenvalue weighted by Crippen LogP contribution is 2.34. The third kappa shape index (κ3) is 3.86. The largest absolute Gasteiger partial charge is 0.495 e. The van der Waals surface area contributed by atoms with E-state index in [0.29, 0.717) is 12.5 Å². The fourth-order valence-electron chi connectivity index (χ4n) is 1.19. The van der Waals surface area contributed by atoms with Gasteiger partial charge in [-0.25, -0.2) is 5.84 Å². The number of benzene rings is 1. The number of guanidine groups is 1. The highest BCUT2D eigenvalue weighted by atomic mass is 79.9. The Morgan fingerprint density at radius 1 is 1.41 bits per heavy atom. The van der Waals surface area contributed by atoms with Gasteiger partial charge in [0.25, 0.3) is 0 Å². The molecule has 0 heterocycles. The third-order valence-electron chi connectivity index (χ3n) is 1.95. The molecular weight excluding hydrogens is 352 g/mol. The van der Waals surface area contributed by atoms with Crippen molar-refractivity contribution in [3.8, 4) is 5.75 Å². The van der Waals surface area contributed by atoms with E-state index in [1.807, 2.05) is 19.1 Å². The van der Waals surface area contributed by atoms with E-state index in [1.165, 1.54) is 0 Å². The number of rotatable bonds is 3. The van der Waals surface area contributed by atoms with Crippen LogP contribution in [0.25, 0.3) is 0 Å². The van der Waals surface area contributed by atoms with Crippen molar-refractivity contribution in [3.05, 3.63) is 21.1 Å². The van der Waals surface area contributed by atoms with E-state index in [9.17, 15) is 0 Å². The molecule has 0 aliphatic rings. The van der Waals surface area contributed by atoms with E-state index in [0.717, 1.165) is 20.4 Å². The molecule has 0 fully saturated rings. The third-order valence-corrected chi connectivity index (χ3v) is 3.22. The zero-order valence-corrected chi connectivity index (χ0v) is 12.7. The number of nitrogens with zero attached hydrogens (tertiary/aromatic N) is 1. The zero-order valence-electron chi connectivity index (χ0n) is 9.55. The van der Waals surface area contributed by atoms with Crippen LogP contribution in [-0.2, 0) is 0 Å². The number of hydrogen-bond acceptors (Lipinski definition) is 3. The second-order valence-electron chi connectivity index (χ2n) is 3.06. The van der Waals surface area contributed by atoms with Gasteiger partial charge in [-0.3, -0.25) is 10.4 Å². The zero-order chi connectivity index (χ0) is 12.8. The molecule has 1 aromatic carbocycles. The monoisotopic (exact) mass is 364 g/mol. The topological polar surface area (TPSA) is 71.7 Å². The van der Waals surface area contributed by atoms with Crippen molar-refractivity contribution in [1.29, 1.82) is 0 Å². The smallest absolute Gasteiger partial charge is 0.210 e. The number of halogens is 2. The fourth-order valence-corrected chi connectivity index (χ4v) is 2.44.